The molecule has 0 aliphatic heterocycles. The van der Waals surface area contributed by atoms with Crippen LogP contribution in [0.4, 0.5) is 4.79 Å². The van der Waals surface area contributed by atoms with Crippen molar-refractivity contribution in [3.05, 3.63) is 60.3 Å². The van der Waals surface area contributed by atoms with E-state index >= 15 is 0 Å². The SMILES string of the molecule is COc1cc2c3c(OC)nccc3n(C(=O)OC(C)(C)C)c2cc1OCc1ccccc1. The van der Waals surface area contributed by atoms with E-state index in [9.17, 15) is 4.79 Å². The molecule has 4 aromatic rings. The monoisotopic (exact) mass is 434 g/mol. The Morgan fingerprint density at radius 3 is 2.38 bits per heavy atom. The quantitative estimate of drug-likeness (QED) is 0.409. The summed E-state index contributed by atoms with van der Waals surface area (Å²) < 4.78 is 24.4. The number of hydrogen-bond acceptors (Lipinski definition) is 6. The van der Waals surface area contributed by atoms with Crippen LogP contribution >= 0.6 is 0 Å². The van der Waals surface area contributed by atoms with E-state index in [-0.39, 0.29) is 0 Å². The van der Waals surface area contributed by atoms with Gasteiger partial charge >= 0.3 is 6.09 Å². The second kappa shape index (κ2) is 8.42. The highest BCUT2D eigenvalue weighted by Crippen LogP contribution is 2.41. The second-order valence-corrected chi connectivity index (χ2v) is 8.32. The average Bonchev–Trinajstić information content (AvgIpc) is 3.10. The van der Waals surface area contributed by atoms with Gasteiger partial charge in [0.25, 0.3) is 0 Å². The molecule has 4 rings (SSSR count). The lowest BCUT2D eigenvalue weighted by Crippen LogP contribution is -2.27. The maximum absolute atomic E-state index is 13.2. The Bertz CT molecular complexity index is 1270. The molecule has 0 spiro atoms. The molecule has 0 bridgehead atoms. The molecule has 0 unspecified atom stereocenters. The number of aromatic nitrogens is 2. The molecule has 0 amide bonds. The topological polar surface area (TPSA) is 71.8 Å². The fourth-order valence-corrected chi connectivity index (χ4v) is 3.60. The number of fused-ring (bicyclic) bond motifs is 3. The molecule has 7 heteroatoms. The molecule has 0 radical (unpaired) electrons. The predicted octanol–water partition coefficient (Wildman–Crippen LogP) is 5.57. The first-order valence-corrected chi connectivity index (χ1v) is 10.3. The summed E-state index contributed by atoms with van der Waals surface area (Å²) in [5, 5.41) is 1.45. The van der Waals surface area contributed by atoms with E-state index in [2.05, 4.69) is 4.98 Å². The van der Waals surface area contributed by atoms with Gasteiger partial charge in [0.15, 0.2) is 11.5 Å². The van der Waals surface area contributed by atoms with E-state index in [1.54, 1.807) is 32.5 Å². The summed E-state index contributed by atoms with van der Waals surface area (Å²) in [5.41, 5.74) is 1.61. The zero-order chi connectivity index (χ0) is 22.9. The minimum absolute atomic E-state index is 0.361. The smallest absolute Gasteiger partial charge is 0.419 e. The van der Waals surface area contributed by atoms with Crippen molar-refractivity contribution < 1.29 is 23.7 Å². The van der Waals surface area contributed by atoms with Crippen LogP contribution in [-0.2, 0) is 11.3 Å². The number of carbonyl (C=O) groups excluding carboxylic acids is 1. The van der Waals surface area contributed by atoms with Crippen molar-refractivity contribution in [1.29, 1.82) is 0 Å². The van der Waals surface area contributed by atoms with Gasteiger partial charge in [-0.1, -0.05) is 30.3 Å². The predicted molar refractivity (Wildman–Crippen MR) is 123 cm³/mol. The van der Waals surface area contributed by atoms with Gasteiger partial charge in [0.05, 0.1) is 30.6 Å². The highest BCUT2D eigenvalue weighted by Gasteiger charge is 2.25. The van der Waals surface area contributed by atoms with Crippen LogP contribution in [-0.4, -0.2) is 35.5 Å². The summed E-state index contributed by atoms with van der Waals surface area (Å²) in [7, 11) is 3.13. The molecule has 0 saturated carbocycles. The van der Waals surface area contributed by atoms with Crippen molar-refractivity contribution in [3.8, 4) is 17.4 Å². The fraction of sp³-hybridized carbons (Fsp3) is 0.280. The summed E-state index contributed by atoms with van der Waals surface area (Å²) in [4.78, 5) is 17.5. The van der Waals surface area contributed by atoms with Crippen LogP contribution in [0.1, 0.15) is 26.3 Å². The van der Waals surface area contributed by atoms with Crippen LogP contribution in [0, 0.1) is 0 Å². The average molecular weight is 434 g/mol. The minimum Gasteiger partial charge on any atom is -0.493 e. The molecule has 7 nitrogen and oxygen atoms in total. The molecule has 2 aromatic carbocycles. The molecular formula is C25H26N2O5. The van der Waals surface area contributed by atoms with Crippen molar-refractivity contribution >= 4 is 27.9 Å². The van der Waals surface area contributed by atoms with E-state index in [4.69, 9.17) is 18.9 Å². The molecule has 0 N–H and O–H groups in total. The van der Waals surface area contributed by atoms with Crippen molar-refractivity contribution in [2.45, 2.75) is 33.0 Å². The summed E-state index contributed by atoms with van der Waals surface area (Å²) in [6, 6.07) is 15.2. The van der Waals surface area contributed by atoms with Crippen LogP contribution < -0.4 is 14.2 Å². The Morgan fingerprint density at radius 1 is 0.969 bits per heavy atom. The molecule has 0 fully saturated rings. The first-order chi connectivity index (χ1) is 15.3. The van der Waals surface area contributed by atoms with Crippen LogP contribution in [0.15, 0.2) is 54.7 Å². The lowest BCUT2D eigenvalue weighted by atomic mass is 10.1. The molecule has 0 aliphatic rings. The van der Waals surface area contributed by atoms with Crippen molar-refractivity contribution in [2.24, 2.45) is 0 Å². The van der Waals surface area contributed by atoms with Gasteiger partial charge in [-0.25, -0.2) is 14.3 Å². The van der Waals surface area contributed by atoms with E-state index in [1.807, 2.05) is 57.2 Å². The van der Waals surface area contributed by atoms with E-state index < -0.39 is 11.7 Å². The van der Waals surface area contributed by atoms with Gasteiger partial charge in [0, 0.05) is 17.6 Å². The number of benzene rings is 2. The highest BCUT2D eigenvalue weighted by atomic mass is 16.6. The standard InChI is InChI=1S/C25H26N2O5/c1-25(2,3)32-24(28)27-18-11-12-26-23(30-5)22(18)17-13-20(29-4)21(14-19(17)27)31-15-16-9-7-6-8-10-16/h6-14H,15H2,1-5H3. The molecule has 2 heterocycles. The normalized spacial score (nSPS) is 11.5. The van der Waals surface area contributed by atoms with Gasteiger partial charge in [-0.3, -0.25) is 0 Å². The Hall–Kier alpha value is -3.74. The molecule has 32 heavy (non-hydrogen) atoms. The maximum Gasteiger partial charge on any atom is 0.419 e. The molecule has 0 aliphatic carbocycles. The minimum atomic E-state index is -0.657. The summed E-state index contributed by atoms with van der Waals surface area (Å²) in [6.45, 7) is 5.86. The van der Waals surface area contributed by atoms with Crippen LogP contribution in [0.2, 0.25) is 0 Å². The Morgan fingerprint density at radius 2 is 1.72 bits per heavy atom. The number of ether oxygens (including phenoxy) is 4. The Balaban J connectivity index is 1.91. The van der Waals surface area contributed by atoms with Gasteiger partial charge in [-0.15, -0.1) is 0 Å². The summed E-state index contributed by atoms with van der Waals surface area (Å²) >= 11 is 0. The maximum atomic E-state index is 13.2. The number of rotatable bonds is 5. The molecule has 2 aromatic heterocycles. The molecular weight excluding hydrogens is 408 g/mol. The van der Waals surface area contributed by atoms with Crippen molar-refractivity contribution in [1.82, 2.24) is 9.55 Å². The first-order valence-electron chi connectivity index (χ1n) is 10.3. The number of pyridine rings is 1. The van der Waals surface area contributed by atoms with Gasteiger partial charge in [0.1, 0.15) is 12.2 Å². The van der Waals surface area contributed by atoms with Crippen LogP contribution in [0.25, 0.3) is 21.8 Å². The summed E-state index contributed by atoms with van der Waals surface area (Å²) in [5.74, 6) is 1.47. The number of methoxy groups -OCH3 is 2. The second-order valence-electron chi connectivity index (χ2n) is 8.32. The molecule has 166 valence electrons. The molecule has 0 saturated heterocycles. The van der Waals surface area contributed by atoms with E-state index in [0.29, 0.717) is 40.4 Å². The fourth-order valence-electron chi connectivity index (χ4n) is 3.60. The third-order valence-electron chi connectivity index (χ3n) is 4.93. The largest absolute Gasteiger partial charge is 0.493 e. The molecule has 0 atom stereocenters. The van der Waals surface area contributed by atoms with Gasteiger partial charge in [-0.05, 0) is 38.5 Å². The lowest BCUT2D eigenvalue weighted by molar-refractivity contribution is 0.0551. The van der Waals surface area contributed by atoms with Crippen molar-refractivity contribution in [2.75, 3.05) is 14.2 Å². The van der Waals surface area contributed by atoms with Gasteiger partial charge in [-0.2, -0.15) is 0 Å². The van der Waals surface area contributed by atoms with Crippen LogP contribution in [0.5, 0.6) is 17.4 Å². The van der Waals surface area contributed by atoms with Gasteiger partial charge in [0.2, 0.25) is 5.88 Å². The summed E-state index contributed by atoms with van der Waals surface area (Å²) in [6.07, 6.45) is 1.11. The zero-order valence-electron chi connectivity index (χ0n) is 18.8. The highest BCUT2D eigenvalue weighted by molar-refractivity contribution is 6.15. The third-order valence-corrected chi connectivity index (χ3v) is 4.93. The van der Waals surface area contributed by atoms with Crippen LogP contribution in [0.3, 0.4) is 0 Å². The third kappa shape index (κ3) is 4.06. The first kappa shape index (κ1) is 21.5. The van der Waals surface area contributed by atoms with Gasteiger partial charge < -0.3 is 18.9 Å². The zero-order valence-corrected chi connectivity index (χ0v) is 18.8. The Labute approximate surface area is 186 Å². The number of nitrogens with zero attached hydrogens (tertiary/aromatic N) is 2. The lowest BCUT2D eigenvalue weighted by Gasteiger charge is -2.20. The number of hydrogen-bond donors (Lipinski definition) is 0. The number of carbonyl (C=O) groups is 1. The Kier molecular flexibility index (Phi) is 5.65. The van der Waals surface area contributed by atoms with E-state index in [1.165, 1.54) is 4.57 Å². The van der Waals surface area contributed by atoms with E-state index in [0.717, 1.165) is 10.9 Å². The van der Waals surface area contributed by atoms with Crippen molar-refractivity contribution in [3.63, 3.8) is 0 Å².